The van der Waals surface area contributed by atoms with Crippen molar-refractivity contribution in [3.63, 3.8) is 0 Å². The average molecular weight is 1350 g/mol. The minimum absolute atomic E-state index is 0. The van der Waals surface area contributed by atoms with Gasteiger partial charge in [-0.05, 0) is 124 Å². The van der Waals surface area contributed by atoms with Crippen molar-refractivity contribution < 1.29 is 304 Å². The third kappa shape index (κ3) is 20.5. The average Bonchev–Trinajstić information content (AvgIpc) is 3.21. The molecule has 0 aromatic carbocycles. The van der Waals surface area contributed by atoms with Crippen LogP contribution in [0, 0.1) is 56.7 Å². The van der Waals surface area contributed by atoms with Gasteiger partial charge in [-0.2, -0.15) is 0 Å². The molecule has 0 aromatic rings. The number of ether oxygens (including phenoxy) is 2. The van der Waals surface area contributed by atoms with Crippen LogP contribution in [0.3, 0.4) is 0 Å². The van der Waals surface area contributed by atoms with Crippen LogP contribution in [0.25, 0.3) is 0 Å². The molecule has 29 nitrogen and oxygen atoms in total. The summed E-state index contributed by atoms with van der Waals surface area (Å²) in [6.07, 6.45) is -9.74. The summed E-state index contributed by atoms with van der Waals surface area (Å²) in [4.78, 5) is 27.4. The Balaban J connectivity index is 0.0000109. The van der Waals surface area contributed by atoms with Gasteiger partial charge in [-0.25, -0.2) is 50.5 Å². The maximum Gasteiger partial charge on any atom is 1.00 e. The largest absolute Gasteiger partial charge is 1.00 e. The normalized spacial score (nSPS) is 35.1. The van der Waals surface area contributed by atoms with E-state index in [-0.39, 0.29) is 213 Å². The Morgan fingerprint density at radius 2 is 1.13 bits per heavy atom. The topological polar surface area (TPSA) is 471 Å². The van der Waals surface area contributed by atoms with E-state index in [1.807, 2.05) is 6.92 Å². The number of allylic oxidation sites excluding steroid dienone is 2. The molecule has 0 aromatic heterocycles. The number of rotatable bonds is 21. The maximum atomic E-state index is 14.9. The summed E-state index contributed by atoms with van der Waals surface area (Å²) in [5.74, 6) is -4.71. The first-order valence-electron chi connectivity index (χ1n) is 23.7. The number of hydrogen-bond donors (Lipinski definition) is 1. The van der Waals surface area contributed by atoms with Gasteiger partial charge in [0.15, 0.2) is 5.78 Å². The van der Waals surface area contributed by atoms with Crippen molar-refractivity contribution >= 4 is 74.1 Å². The van der Waals surface area contributed by atoms with Gasteiger partial charge < -0.3 is 41.9 Å². The summed E-state index contributed by atoms with van der Waals surface area (Å²) in [7, 11) is -36.9. The molecule has 4 saturated carbocycles. The van der Waals surface area contributed by atoms with E-state index >= 15 is 0 Å². The smallest absolute Gasteiger partial charge is 0.726 e. The van der Waals surface area contributed by atoms with Crippen LogP contribution in [0.1, 0.15) is 113 Å². The summed E-state index contributed by atoms with van der Waals surface area (Å²) in [5.41, 5.74) is -6.35. The molecule has 0 spiro atoms. The third-order valence-corrected chi connectivity index (χ3v) is 20.4. The predicted octanol–water partition coefficient (Wildman–Crippen LogP) is -17.4. The molecule has 1 N–H and O–H groups in total. The molecule has 3 unspecified atom stereocenters. The number of hydrogen-bond acceptors (Lipinski definition) is 28. The van der Waals surface area contributed by atoms with E-state index in [9.17, 15) is 92.5 Å². The fourth-order valence-corrected chi connectivity index (χ4v) is 17.2. The number of carboxylic acid groups (broad SMARTS) is 1. The van der Waals surface area contributed by atoms with Crippen molar-refractivity contribution in [2.24, 2.45) is 56.7 Å². The Hall–Kier alpha value is 4.02. The van der Waals surface area contributed by atoms with Gasteiger partial charge >= 0.3 is 183 Å². The predicted molar refractivity (Wildman–Crippen MR) is 243 cm³/mol. The van der Waals surface area contributed by atoms with Gasteiger partial charge in [0.05, 0.1) is 43.5 Å². The summed E-state index contributed by atoms with van der Waals surface area (Å²) in [5, 5.41) is 10.2. The van der Waals surface area contributed by atoms with Gasteiger partial charge in [-0.15, -0.1) is 0 Å². The van der Waals surface area contributed by atoms with Gasteiger partial charge in [0, 0.05) is 11.8 Å². The standard InChI is InChI=1S/C41H66O29S6.6Na/c1-22-31(67-73(51,52)53)33(69-75(57,58)59)32(68-74(54,55)56)28(66-22)16-23(41(70-76(60,61)62,20-64-71(45,46)47)21-65-72(48,49)50)19-63-30-10-13-40(7)29(36(30,2)3)9-12-39(6)25-8-11-37(4)14-15-38(5,35(43)44)18-26(37)24(25)17-27(42)34(39)40;;;;;;/h17,22-23,25-26,28-34H,8-16,18-21H2,1-7H3,(H,43,44)(H,45,46,47)(H,48,49,50)(H,51,52,53)(H,54,55,56)(H,57,58,59)(H,60,61,62);;;;;;/q;6*+1/p-6/t22-,23?,25?,26-,28-,29-,30-,31+,32+,33+,34-,37-,38?,39-,40-;;;;;;/m0....../s1. The fraction of sp³-hybridized carbons (Fsp3) is 0.902. The minimum Gasteiger partial charge on any atom is -0.726 e. The molecule has 82 heavy (non-hydrogen) atoms. The Labute approximate surface area is 612 Å². The molecular weight excluding hydrogens is 1290 g/mol. The first-order valence-corrected chi connectivity index (χ1v) is 31.7. The second-order valence-corrected chi connectivity index (χ2v) is 28.9. The number of fused-ring (bicyclic) bond motifs is 7. The summed E-state index contributed by atoms with van der Waals surface area (Å²) < 4.78 is 255. The van der Waals surface area contributed by atoms with Gasteiger partial charge in [0.2, 0.25) is 62.4 Å². The van der Waals surface area contributed by atoms with E-state index in [2.05, 4.69) is 38.9 Å². The van der Waals surface area contributed by atoms with Gasteiger partial charge in [-0.3, -0.25) is 34.7 Å². The van der Waals surface area contributed by atoms with Crippen molar-refractivity contribution in [1.29, 1.82) is 0 Å². The zero-order chi connectivity index (χ0) is 57.6. The molecule has 5 fully saturated rings. The van der Waals surface area contributed by atoms with E-state index in [1.165, 1.54) is 0 Å². The second-order valence-electron chi connectivity index (χ2n) is 22.7. The molecule has 440 valence electrons. The monoisotopic (exact) mass is 1350 g/mol. The summed E-state index contributed by atoms with van der Waals surface area (Å²) in [6, 6.07) is 0. The van der Waals surface area contributed by atoms with E-state index in [0.717, 1.165) is 25.3 Å². The van der Waals surface area contributed by atoms with Crippen LogP contribution in [0.5, 0.6) is 0 Å². The van der Waals surface area contributed by atoms with Crippen molar-refractivity contribution in [3.8, 4) is 0 Å². The zero-order valence-electron chi connectivity index (χ0n) is 47.9. The van der Waals surface area contributed by atoms with Crippen LogP contribution >= 0.6 is 0 Å². The molecule has 0 bridgehead atoms. The molecule has 1 saturated heterocycles. The summed E-state index contributed by atoms with van der Waals surface area (Å²) >= 11 is 0. The van der Waals surface area contributed by atoms with E-state index in [0.29, 0.717) is 32.1 Å². The Morgan fingerprint density at radius 1 is 0.646 bits per heavy atom. The summed E-state index contributed by atoms with van der Waals surface area (Å²) in [6.45, 7) is 6.86. The van der Waals surface area contributed by atoms with Crippen LogP contribution < -0.4 is 177 Å². The van der Waals surface area contributed by atoms with Crippen molar-refractivity contribution in [2.75, 3.05) is 19.8 Å². The molecule has 6 rings (SSSR count). The molecule has 1 aliphatic heterocycles. The van der Waals surface area contributed by atoms with Crippen LogP contribution in [-0.2, 0) is 107 Å². The quantitative estimate of drug-likeness (QED) is 0.0633. The number of aliphatic carboxylic acids is 1. The SMILES string of the molecule is C[C@@H]1O[C@@H](CC(CO[C@H]2CC[C@]3(C)[C@H]4C(=O)C=C5C(CC[C@@]6(C)CCC(C)(C(=O)O)C[C@@H]56)[C@]4(C)CC[C@H]3C2(C)C)C(COS(=O)(=O)[O-])(COS(=O)(=O)[O-])OS(=O)(=O)[O-])[C@@H](OS(=O)(=O)[O-])[C@H](OS(=O)(=O)[O-])[C@@H]1OS(=O)(=O)[O-].[Na+].[Na+].[Na+].[Na+].[Na+].[Na+]. The number of carbonyl (C=O) groups excluding carboxylic acids is 1. The van der Waals surface area contributed by atoms with Crippen molar-refractivity contribution in [3.05, 3.63) is 11.6 Å². The minimum atomic E-state index is -6.37. The molecule has 0 radical (unpaired) electrons. The van der Waals surface area contributed by atoms with Crippen molar-refractivity contribution in [2.45, 2.75) is 155 Å². The molecule has 15 atom stereocenters. The van der Waals surface area contributed by atoms with Crippen LogP contribution in [-0.4, -0.2) is 157 Å². The maximum absolute atomic E-state index is 14.9. The second kappa shape index (κ2) is 30.6. The number of carbonyl (C=O) groups is 2. The Kier molecular flexibility index (Phi) is 32.1. The van der Waals surface area contributed by atoms with Crippen molar-refractivity contribution in [1.82, 2.24) is 0 Å². The number of carboxylic acids is 1. The molecule has 6 aliphatic rings. The molecule has 1 heterocycles. The van der Waals surface area contributed by atoms with E-state index in [4.69, 9.17) is 9.47 Å². The Morgan fingerprint density at radius 3 is 1.61 bits per heavy atom. The van der Waals surface area contributed by atoms with Crippen LogP contribution in [0.4, 0.5) is 0 Å². The molecular formula is C41H60Na6O29S6. The van der Waals surface area contributed by atoms with Gasteiger partial charge in [0.1, 0.15) is 23.9 Å². The Bertz CT molecular complexity index is 2980. The van der Waals surface area contributed by atoms with Gasteiger partial charge in [0.25, 0.3) is 0 Å². The third-order valence-electron chi connectivity index (χ3n) is 17.7. The van der Waals surface area contributed by atoms with Crippen LogP contribution in [0.2, 0.25) is 0 Å². The fourth-order valence-electron chi connectivity index (χ4n) is 14.3. The first-order chi connectivity index (χ1) is 34.2. The van der Waals surface area contributed by atoms with E-state index < -0.39 is 176 Å². The molecule has 0 amide bonds. The van der Waals surface area contributed by atoms with Crippen LogP contribution in [0.15, 0.2) is 11.6 Å². The first kappa shape index (κ1) is 86.0. The van der Waals surface area contributed by atoms with E-state index in [1.54, 1.807) is 26.8 Å². The zero-order valence-corrected chi connectivity index (χ0v) is 64.8. The van der Waals surface area contributed by atoms with Gasteiger partial charge in [-0.1, -0.05) is 40.2 Å². The number of ketones is 1. The molecule has 5 aliphatic carbocycles. The molecule has 41 heteroatoms.